The SMILES string of the molecule is CC(C)=CCC/C(C)=C/CC/C(C)=C/CSc1ccccc1C(=O)Oc1ccc(/C=C/C(=O)OCCN2CCNCC2)cc1. The van der Waals surface area contributed by atoms with Gasteiger partial charge in [0, 0.05) is 49.4 Å². The normalized spacial score (nSPS) is 14.5. The van der Waals surface area contributed by atoms with E-state index in [1.807, 2.05) is 18.2 Å². The Hall–Kier alpha value is -3.39. The Labute approximate surface area is 268 Å². The first kappa shape index (κ1) is 35.1. The maximum atomic E-state index is 13.0. The second-order valence-corrected chi connectivity index (χ2v) is 12.4. The third kappa shape index (κ3) is 13.9. The number of nitrogens with one attached hydrogen (secondary N) is 1. The topological polar surface area (TPSA) is 67.9 Å². The van der Waals surface area contributed by atoms with E-state index >= 15 is 0 Å². The van der Waals surface area contributed by atoms with E-state index in [0.29, 0.717) is 17.9 Å². The predicted molar refractivity (Wildman–Crippen MR) is 183 cm³/mol. The number of piperazine rings is 1. The molecule has 1 fully saturated rings. The van der Waals surface area contributed by atoms with Crippen molar-refractivity contribution >= 4 is 29.8 Å². The van der Waals surface area contributed by atoms with Gasteiger partial charge >= 0.3 is 11.9 Å². The number of benzene rings is 2. The van der Waals surface area contributed by atoms with Gasteiger partial charge in [-0.15, -0.1) is 11.8 Å². The van der Waals surface area contributed by atoms with Crippen LogP contribution in [0.1, 0.15) is 69.3 Å². The molecule has 236 valence electrons. The second kappa shape index (κ2) is 19.8. The third-order valence-corrected chi connectivity index (χ3v) is 8.26. The average molecular weight is 617 g/mol. The molecule has 1 aliphatic heterocycles. The van der Waals surface area contributed by atoms with Crippen LogP contribution in [-0.4, -0.2) is 61.9 Å². The fourth-order valence-electron chi connectivity index (χ4n) is 4.61. The highest BCUT2D eigenvalue weighted by molar-refractivity contribution is 7.99. The van der Waals surface area contributed by atoms with E-state index in [1.54, 1.807) is 48.2 Å². The number of nitrogens with zero attached hydrogens (tertiary/aromatic N) is 1. The Morgan fingerprint density at radius 2 is 1.57 bits per heavy atom. The number of hydrogen-bond acceptors (Lipinski definition) is 7. The van der Waals surface area contributed by atoms with Crippen LogP contribution >= 0.6 is 11.8 Å². The molecule has 0 radical (unpaired) electrons. The molecule has 2 aromatic carbocycles. The summed E-state index contributed by atoms with van der Waals surface area (Å²) in [6.45, 7) is 13.7. The summed E-state index contributed by atoms with van der Waals surface area (Å²) in [6.07, 6.45) is 14.3. The molecule has 1 heterocycles. The van der Waals surface area contributed by atoms with E-state index in [0.717, 1.165) is 74.6 Å². The van der Waals surface area contributed by atoms with Gasteiger partial charge in [0.05, 0.1) is 5.56 Å². The molecule has 1 N–H and O–H groups in total. The number of ether oxygens (including phenoxy) is 2. The van der Waals surface area contributed by atoms with Crippen molar-refractivity contribution in [2.45, 2.75) is 58.3 Å². The zero-order chi connectivity index (χ0) is 31.6. The summed E-state index contributed by atoms with van der Waals surface area (Å²) in [5.41, 5.74) is 5.53. The van der Waals surface area contributed by atoms with Crippen molar-refractivity contribution in [3.05, 3.63) is 101 Å². The van der Waals surface area contributed by atoms with Crippen LogP contribution < -0.4 is 10.1 Å². The van der Waals surface area contributed by atoms with E-state index in [4.69, 9.17) is 9.47 Å². The molecule has 0 saturated carbocycles. The standard InChI is InChI=1S/C37H48N2O4S/c1-29(2)9-7-10-30(3)11-8-12-31(4)21-28-44-35-14-6-5-13-34(35)37(41)43-33-18-15-32(16-19-33)17-20-36(40)42-27-26-39-24-22-38-23-25-39/h5-6,9,11,13-21,38H,7-8,10,12,22-28H2,1-4H3/b20-17+,30-11+,31-21+. The van der Waals surface area contributed by atoms with Crippen LogP contribution in [0.25, 0.3) is 6.08 Å². The highest BCUT2D eigenvalue weighted by atomic mass is 32.2. The van der Waals surface area contributed by atoms with E-state index in [9.17, 15) is 9.59 Å². The van der Waals surface area contributed by atoms with Crippen molar-refractivity contribution in [3.63, 3.8) is 0 Å². The molecule has 1 aliphatic rings. The first-order valence-corrected chi connectivity index (χ1v) is 16.6. The van der Waals surface area contributed by atoms with Crippen molar-refractivity contribution < 1.29 is 19.1 Å². The molecule has 44 heavy (non-hydrogen) atoms. The molecule has 0 aliphatic carbocycles. The Morgan fingerprint density at radius 1 is 0.886 bits per heavy atom. The van der Waals surface area contributed by atoms with Gasteiger partial charge in [-0.2, -0.15) is 0 Å². The molecule has 0 aromatic heterocycles. The van der Waals surface area contributed by atoms with Gasteiger partial charge in [-0.1, -0.05) is 59.2 Å². The van der Waals surface area contributed by atoms with Gasteiger partial charge in [-0.3, -0.25) is 4.90 Å². The van der Waals surface area contributed by atoms with Crippen LogP contribution in [0, 0.1) is 0 Å². The Bertz CT molecular complexity index is 1320. The number of rotatable bonds is 16. The highest BCUT2D eigenvalue weighted by Gasteiger charge is 2.14. The van der Waals surface area contributed by atoms with E-state index in [-0.39, 0.29) is 11.9 Å². The van der Waals surface area contributed by atoms with Crippen molar-refractivity contribution in [2.24, 2.45) is 0 Å². The number of hydrogen-bond donors (Lipinski definition) is 1. The third-order valence-electron chi connectivity index (χ3n) is 7.26. The monoisotopic (exact) mass is 616 g/mol. The number of allylic oxidation sites excluding steroid dienone is 5. The molecule has 3 rings (SSSR count). The molecular formula is C37H48N2O4S. The Kier molecular flexibility index (Phi) is 15.8. The zero-order valence-corrected chi connectivity index (χ0v) is 27.6. The molecule has 0 atom stereocenters. The average Bonchev–Trinajstić information content (AvgIpc) is 3.01. The lowest BCUT2D eigenvalue weighted by molar-refractivity contribution is -0.138. The number of carbonyl (C=O) groups excluding carboxylic acids is 2. The van der Waals surface area contributed by atoms with Crippen LogP contribution in [0.15, 0.2) is 94.4 Å². The summed E-state index contributed by atoms with van der Waals surface area (Å²) < 4.78 is 11.0. The van der Waals surface area contributed by atoms with Crippen molar-refractivity contribution in [1.29, 1.82) is 0 Å². The molecule has 0 spiro atoms. The fraction of sp³-hybridized carbons (Fsp3) is 0.405. The minimum Gasteiger partial charge on any atom is -0.461 e. The van der Waals surface area contributed by atoms with Crippen LogP contribution in [0.5, 0.6) is 5.75 Å². The second-order valence-electron chi connectivity index (χ2n) is 11.3. The van der Waals surface area contributed by atoms with E-state index < -0.39 is 0 Å². The summed E-state index contributed by atoms with van der Waals surface area (Å²) in [5.74, 6) is 0.482. The van der Waals surface area contributed by atoms with E-state index in [2.05, 4.69) is 56.1 Å². The van der Waals surface area contributed by atoms with Gasteiger partial charge < -0.3 is 14.8 Å². The lowest BCUT2D eigenvalue weighted by Crippen LogP contribution is -2.44. The van der Waals surface area contributed by atoms with Crippen LogP contribution in [-0.2, 0) is 9.53 Å². The number of carbonyl (C=O) groups is 2. The lowest BCUT2D eigenvalue weighted by Gasteiger charge is -2.26. The van der Waals surface area contributed by atoms with Gasteiger partial charge in [0.1, 0.15) is 12.4 Å². The molecular weight excluding hydrogens is 568 g/mol. The fourth-order valence-corrected chi connectivity index (χ4v) is 5.63. The van der Waals surface area contributed by atoms with Gasteiger partial charge in [-0.05, 0) is 89.3 Å². The molecule has 0 unspecified atom stereocenters. The quantitative estimate of drug-likeness (QED) is 0.0677. The van der Waals surface area contributed by atoms with Gasteiger partial charge in [0.15, 0.2) is 0 Å². The summed E-state index contributed by atoms with van der Waals surface area (Å²) >= 11 is 1.64. The predicted octanol–water partition coefficient (Wildman–Crippen LogP) is 7.88. The first-order valence-electron chi connectivity index (χ1n) is 15.6. The highest BCUT2D eigenvalue weighted by Crippen LogP contribution is 2.25. The molecule has 1 saturated heterocycles. The molecule has 6 nitrogen and oxygen atoms in total. The molecule has 7 heteroatoms. The van der Waals surface area contributed by atoms with Crippen LogP contribution in [0.2, 0.25) is 0 Å². The van der Waals surface area contributed by atoms with Gasteiger partial charge in [-0.25, -0.2) is 9.59 Å². The molecule has 0 bridgehead atoms. The smallest absolute Gasteiger partial charge is 0.344 e. The molecule has 2 aromatic rings. The first-order chi connectivity index (χ1) is 21.3. The Balaban J connectivity index is 1.43. The van der Waals surface area contributed by atoms with Crippen molar-refractivity contribution in [2.75, 3.05) is 45.1 Å². The Morgan fingerprint density at radius 3 is 2.30 bits per heavy atom. The molecule has 0 amide bonds. The van der Waals surface area contributed by atoms with E-state index in [1.165, 1.54) is 22.8 Å². The number of esters is 2. The van der Waals surface area contributed by atoms with Crippen LogP contribution in [0.3, 0.4) is 0 Å². The van der Waals surface area contributed by atoms with Gasteiger partial charge in [0.2, 0.25) is 0 Å². The van der Waals surface area contributed by atoms with Crippen molar-refractivity contribution in [1.82, 2.24) is 10.2 Å². The summed E-state index contributed by atoms with van der Waals surface area (Å²) in [5, 5.41) is 3.31. The lowest BCUT2D eigenvalue weighted by atomic mass is 10.1. The number of thioether (sulfide) groups is 1. The maximum Gasteiger partial charge on any atom is 0.344 e. The maximum absolute atomic E-state index is 13.0. The minimum absolute atomic E-state index is 0.368. The van der Waals surface area contributed by atoms with Crippen LogP contribution in [0.4, 0.5) is 0 Å². The largest absolute Gasteiger partial charge is 0.461 e. The minimum atomic E-state index is -0.390. The summed E-state index contributed by atoms with van der Waals surface area (Å²) in [7, 11) is 0. The summed E-state index contributed by atoms with van der Waals surface area (Å²) in [4.78, 5) is 28.3. The van der Waals surface area contributed by atoms with Crippen molar-refractivity contribution in [3.8, 4) is 5.75 Å². The van der Waals surface area contributed by atoms with Gasteiger partial charge in [0.25, 0.3) is 0 Å². The zero-order valence-electron chi connectivity index (χ0n) is 26.8. The summed E-state index contributed by atoms with van der Waals surface area (Å²) in [6, 6.07) is 14.6.